The van der Waals surface area contributed by atoms with Crippen LogP contribution in [0.25, 0.3) is 11.1 Å². The average Bonchev–Trinajstić information content (AvgIpc) is 2.94. The molecule has 0 saturated heterocycles. The van der Waals surface area contributed by atoms with Crippen LogP contribution in [0.5, 0.6) is 11.5 Å². The summed E-state index contributed by atoms with van der Waals surface area (Å²) >= 11 is 0. The Labute approximate surface area is 218 Å². The van der Waals surface area contributed by atoms with Crippen molar-refractivity contribution in [1.29, 1.82) is 0 Å². The molecule has 0 unspecified atom stereocenters. The standard InChI is InChI=1S/C33H32O4/c1-2-31(26-13-7-4-8-14-26)33(27-18-20-29(21-19-27)36-22-10-17-32(34)35)28-15-9-16-30(23-28)37-24-25-11-5-3-6-12-25/h3-9,11-16,18-21,23H,2,10,17,22,24H2,1H3,(H,34,35)/b33-31-. The SMILES string of the molecule is CC/C(=C(\c1ccc(OCCCC(=O)O)cc1)c1cccc(OCc2ccccc2)c1)c1ccccc1. The summed E-state index contributed by atoms with van der Waals surface area (Å²) in [4.78, 5) is 10.7. The summed E-state index contributed by atoms with van der Waals surface area (Å²) in [6, 6.07) is 36.9. The summed E-state index contributed by atoms with van der Waals surface area (Å²) in [5.74, 6) is 0.739. The van der Waals surface area contributed by atoms with E-state index in [1.807, 2.05) is 48.5 Å². The molecule has 0 radical (unpaired) electrons. The Kier molecular flexibility index (Phi) is 9.14. The molecule has 0 bridgehead atoms. The zero-order chi connectivity index (χ0) is 25.9. The number of carbonyl (C=O) groups is 1. The molecule has 37 heavy (non-hydrogen) atoms. The Bertz CT molecular complexity index is 1310. The van der Waals surface area contributed by atoms with E-state index >= 15 is 0 Å². The van der Waals surface area contributed by atoms with E-state index < -0.39 is 5.97 Å². The molecule has 0 aromatic heterocycles. The minimum atomic E-state index is -0.809. The topological polar surface area (TPSA) is 55.8 Å². The Morgan fingerprint density at radius 1 is 0.703 bits per heavy atom. The normalized spacial score (nSPS) is 11.5. The third kappa shape index (κ3) is 7.34. The largest absolute Gasteiger partial charge is 0.494 e. The number of hydrogen-bond acceptors (Lipinski definition) is 3. The molecule has 0 aliphatic heterocycles. The van der Waals surface area contributed by atoms with Crippen molar-refractivity contribution in [1.82, 2.24) is 0 Å². The Morgan fingerprint density at radius 3 is 2.05 bits per heavy atom. The fourth-order valence-corrected chi connectivity index (χ4v) is 4.29. The quantitative estimate of drug-likeness (QED) is 0.161. The second-order valence-corrected chi connectivity index (χ2v) is 8.75. The van der Waals surface area contributed by atoms with Crippen LogP contribution in [-0.2, 0) is 11.4 Å². The van der Waals surface area contributed by atoms with Gasteiger partial charge in [-0.15, -0.1) is 0 Å². The molecule has 4 nitrogen and oxygen atoms in total. The molecule has 4 aromatic rings. The fourth-order valence-electron chi connectivity index (χ4n) is 4.29. The van der Waals surface area contributed by atoms with Crippen LogP contribution in [0.1, 0.15) is 48.4 Å². The van der Waals surface area contributed by atoms with E-state index in [0.29, 0.717) is 19.6 Å². The number of aliphatic carboxylic acids is 1. The van der Waals surface area contributed by atoms with E-state index in [-0.39, 0.29) is 6.42 Å². The van der Waals surface area contributed by atoms with Gasteiger partial charge in [0.25, 0.3) is 0 Å². The van der Waals surface area contributed by atoms with Crippen LogP contribution in [0.3, 0.4) is 0 Å². The maximum absolute atomic E-state index is 10.7. The van der Waals surface area contributed by atoms with Crippen LogP contribution in [-0.4, -0.2) is 17.7 Å². The first kappa shape index (κ1) is 25.8. The van der Waals surface area contributed by atoms with Gasteiger partial charge in [0.1, 0.15) is 18.1 Å². The highest BCUT2D eigenvalue weighted by Crippen LogP contribution is 2.36. The van der Waals surface area contributed by atoms with Crippen LogP contribution < -0.4 is 9.47 Å². The van der Waals surface area contributed by atoms with Gasteiger partial charge in [-0.05, 0) is 70.5 Å². The fraction of sp³-hybridized carbons (Fsp3) is 0.182. The van der Waals surface area contributed by atoms with Crippen LogP contribution >= 0.6 is 0 Å². The van der Waals surface area contributed by atoms with Gasteiger partial charge >= 0.3 is 5.97 Å². The maximum Gasteiger partial charge on any atom is 0.303 e. The number of benzene rings is 4. The van der Waals surface area contributed by atoms with E-state index in [4.69, 9.17) is 14.6 Å². The molecular formula is C33H32O4. The summed E-state index contributed by atoms with van der Waals surface area (Å²) in [5.41, 5.74) is 6.87. The number of allylic oxidation sites excluding steroid dienone is 1. The monoisotopic (exact) mass is 492 g/mol. The van der Waals surface area contributed by atoms with Gasteiger partial charge in [-0.1, -0.05) is 91.9 Å². The summed E-state index contributed by atoms with van der Waals surface area (Å²) in [7, 11) is 0. The molecular weight excluding hydrogens is 460 g/mol. The zero-order valence-electron chi connectivity index (χ0n) is 21.1. The molecule has 1 N–H and O–H groups in total. The predicted octanol–water partition coefficient (Wildman–Crippen LogP) is 7.88. The molecule has 0 aliphatic carbocycles. The molecule has 0 heterocycles. The van der Waals surface area contributed by atoms with Crippen LogP contribution in [0, 0.1) is 0 Å². The molecule has 188 valence electrons. The van der Waals surface area contributed by atoms with Crippen molar-refractivity contribution in [3.8, 4) is 11.5 Å². The molecule has 4 rings (SSSR count). The molecule has 0 amide bonds. The minimum Gasteiger partial charge on any atom is -0.494 e. The molecule has 4 aromatic carbocycles. The molecule has 0 fully saturated rings. The Balaban J connectivity index is 1.65. The summed E-state index contributed by atoms with van der Waals surface area (Å²) in [6.45, 7) is 3.06. The van der Waals surface area contributed by atoms with Gasteiger partial charge in [0.2, 0.25) is 0 Å². The van der Waals surface area contributed by atoms with Gasteiger partial charge in [-0.3, -0.25) is 4.79 Å². The van der Waals surface area contributed by atoms with Gasteiger partial charge in [0.15, 0.2) is 0 Å². The molecule has 0 spiro atoms. The van der Waals surface area contributed by atoms with Crippen molar-refractivity contribution < 1.29 is 19.4 Å². The van der Waals surface area contributed by atoms with Gasteiger partial charge in [0, 0.05) is 6.42 Å². The third-order valence-electron chi connectivity index (χ3n) is 6.10. The maximum atomic E-state index is 10.7. The molecule has 4 heteroatoms. The number of rotatable bonds is 12. The number of ether oxygens (including phenoxy) is 2. The first-order valence-corrected chi connectivity index (χ1v) is 12.6. The average molecular weight is 493 g/mol. The first-order valence-electron chi connectivity index (χ1n) is 12.6. The summed E-state index contributed by atoms with van der Waals surface area (Å²) in [5, 5.41) is 8.83. The molecule has 0 atom stereocenters. The number of hydrogen-bond donors (Lipinski definition) is 1. The highest BCUT2D eigenvalue weighted by atomic mass is 16.5. The predicted molar refractivity (Wildman–Crippen MR) is 149 cm³/mol. The van der Waals surface area contributed by atoms with Crippen LogP contribution in [0.15, 0.2) is 109 Å². The van der Waals surface area contributed by atoms with Gasteiger partial charge in [-0.2, -0.15) is 0 Å². The van der Waals surface area contributed by atoms with Crippen LogP contribution in [0.2, 0.25) is 0 Å². The van der Waals surface area contributed by atoms with Crippen molar-refractivity contribution in [2.45, 2.75) is 32.8 Å². The van der Waals surface area contributed by atoms with E-state index in [0.717, 1.165) is 40.2 Å². The van der Waals surface area contributed by atoms with E-state index in [9.17, 15) is 4.79 Å². The van der Waals surface area contributed by atoms with Gasteiger partial charge in [-0.25, -0.2) is 0 Å². The summed E-state index contributed by atoms with van der Waals surface area (Å²) in [6.07, 6.45) is 1.44. The Hall–Kier alpha value is -4.31. The highest BCUT2D eigenvalue weighted by Gasteiger charge is 2.14. The lowest BCUT2D eigenvalue weighted by atomic mass is 9.88. The lowest BCUT2D eigenvalue weighted by Gasteiger charge is -2.18. The second-order valence-electron chi connectivity index (χ2n) is 8.75. The van der Waals surface area contributed by atoms with Crippen molar-refractivity contribution in [2.75, 3.05) is 6.61 Å². The lowest BCUT2D eigenvalue weighted by Crippen LogP contribution is -2.02. The van der Waals surface area contributed by atoms with E-state index in [1.54, 1.807) is 0 Å². The molecule has 0 aliphatic rings. The zero-order valence-corrected chi connectivity index (χ0v) is 21.1. The smallest absolute Gasteiger partial charge is 0.303 e. The molecule has 0 saturated carbocycles. The first-order chi connectivity index (χ1) is 18.1. The van der Waals surface area contributed by atoms with Crippen molar-refractivity contribution in [3.05, 3.63) is 131 Å². The van der Waals surface area contributed by atoms with Gasteiger partial charge in [0.05, 0.1) is 6.61 Å². The van der Waals surface area contributed by atoms with Crippen molar-refractivity contribution in [3.63, 3.8) is 0 Å². The van der Waals surface area contributed by atoms with E-state index in [2.05, 4.69) is 67.6 Å². The third-order valence-corrected chi connectivity index (χ3v) is 6.10. The summed E-state index contributed by atoms with van der Waals surface area (Å²) < 4.78 is 11.9. The second kappa shape index (κ2) is 13.1. The highest BCUT2D eigenvalue weighted by molar-refractivity contribution is 5.98. The van der Waals surface area contributed by atoms with E-state index in [1.165, 1.54) is 11.1 Å². The van der Waals surface area contributed by atoms with Crippen LogP contribution in [0.4, 0.5) is 0 Å². The number of carboxylic acid groups (broad SMARTS) is 1. The Morgan fingerprint density at radius 2 is 1.38 bits per heavy atom. The van der Waals surface area contributed by atoms with Crippen molar-refractivity contribution >= 4 is 17.1 Å². The number of carboxylic acids is 1. The van der Waals surface area contributed by atoms with Crippen molar-refractivity contribution in [2.24, 2.45) is 0 Å². The lowest BCUT2D eigenvalue weighted by molar-refractivity contribution is -0.137. The minimum absolute atomic E-state index is 0.102. The van der Waals surface area contributed by atoms with Gasteiger partial charge < -0.3 is 14.6 Å².